The molecule has 0 aliphatic carbocycles. The van der Waals surface area contributed by atoms with Gasteiger partial charge < -0.3 is 9.64 Å². The van der Waals surface area contributed by atoms with Gasteiger partial charge in [-0.2, -0.15) is 5.26 Å². The maximum Gasteiger partial charge on any atom is 0.236 e. The number of carbonyl (C=O) groups excluding carboxylic acids is 1. The van der Waals surface area contributed by atoms with Crippen molar-refractivity contribution < 1.29 is 9.53 Å². The second-order valence-electron chi connectivity index (χ2n) is 5.93. The number of morpholine rings is 1. The number of rotatable bonds is 3. The van der Waals surface area contributed by atoms with E-state index >= 15 is 0 Å². The molecule has 0 atom stereocenters. The third-order valence-corrected chi connectivity index (χ3v) is 4.16. The Balaban J connectivity index is 1.77. The lowest BCUT2D eigenvalue weighted by molar-refractivity contribution is -0.137. The molecule has 2 fully saturated rings. The number of hydrogen-bond donors (Lipinski definition) is 0. The molecule has 0 aromatic heterocycles. The van der Waals surface area contributed by atoms with Crippen molar-refractivity contribution in [2.75, 3.05) is 59.0 Å². The number of ether oxygens (including phenoxy) is 1. The highest BCUT2D eigenvalue weighted by molar-refractivity contribution is 5.78. The van der Waals surface area contributed by atoms with Crippen LogP contribution in [0.25, 0.3) is 0 Å². The Labute approximate surface area is 120 Å². The van der Waals surface area contributed by atoms with Crippen LogP contribution in [0.2, 0.25) is 0 Å². The highest BCUT2D eigenvalue weighted by Gasteiger charge is 2.30. The third kappa shape index (κ3) is 3.69. The molecule has 6 nitrogen and oxygen atoms in total. The number of piperazine rings is 1. The van der Waals surface area contributed by atoms with Crippen molar-refractivity contribution in [1.82, 2.24) is 14.7 Å². The van der Waals surface area contributed by atoms with Crippen LogP contribution in [0.1, 0.15) is 13.8 Å². The van der Waals surface area contributed by atoms with Gasteiger partial charge in [0.05, 0.1) is 25.8 Å². The quantitative estimate of drug-likeness (QED) is 0.714. The van der Waals surface area contributed by atoms with Gasteiger partial charge in [0.2, 0.25) is 5.91 Å². The number of nitriles is 1. The first-order valence-corrected chi connectivity index (χ1v) is 7.27. The van der Waals surface area contributed by atoms with Gasteiger partial charge in [-0.3, -0.25) is 14.6 Å². The minimum Gasteiger partial charge on any atom is -0.378 e. The van der Waals surface area contributed by atoms with Gasteiger partial charge in [-0.1, -0.05) is 0 Å². The molecule has 0 N–H and O–H groups in total. The van der Waals surface area contributed by atoms with E-state index in [-0.39, 0.29) is 5.91 Å². The lowest BCUT2D eigenvalue weighted by atomic mass is 10.0. The lowest BCUT2D eigenvalue weighted by Crippen LogP contribution is -2.56. The van der Waals surface area contributed by atoms with Crippen molar-refractivity contribution in [2.45, 2.75) is 19.4 Å². The summed E-state index contributed by atoms with van der Waals surface area (Å²) in [6.07, 6.45) is 0. The molecule has 0 spiro atoms. The Kier molecular flexibility index (Phi) is 4.97. The van der Waals surface area contributed by atoms with E-state index < -0.39 is 5.54 Å². The molecule has 0 aromatic rings. The van der Waals surface area contributed by atoms with Gasteiger partial charge in [0.1, 0.15) is 5.54 Å². The zero-order valence-corrected chi connectivity index (χ0v) is 12.5. The number of amides is 1. The van der Waals surface area contributed by atoms with E-state index in [4.69, 9.17) is 10.00 Å². The van der Waals surface area contributed by atoms with Gasteiger partial charge in [-0.05, 0) is 13.8 Å². The fraction of sp³-hybridized carbons (Fsp3) is 0.857. The molecular formula is C14H24N4O2. The van der Waals surface area contributed by atoms with Crippen LogP contribution in [-0.2, 0) is 9.53 Å². The van der Waals surface area contributed by atoms with Crippen LogP contribution in [0.15, 0.2) is 0 Å². The molecule has 0 bridgehead atoms. The van der Waals surface area contributed by atoms with Crippen molar-refractivity contribution in [3.8, 4) is 6.07 Å². The van der Waals surface area contributed by atoms with Gasteiger partial charge in [-0.15, -0.1) is 0 Å². The summed E-state index contributed by atoms with van der Waals surface area (Å²) in [5.74, 6) is 0.196. The van der Waals surface area contributed by atoms with E-state index in [1.54, 1.807) is 0 Å². The first kappa shape index (κ1) is 15.2. The monoisotopic (exact) mass is 280 g/mol. The summed E-state index contributed by atoms with van der Waals surface area (Å²) in [6, 6.07) is 2.34. The van der Waals surface area contributed by atoms with E-state index in [0.29, 0.717) is 32.8 Å². The second-order valence-corrected chi connectivity index (χ2v) is 5.93. The Hall–Kier alpha value is -1.16. The predicted octanol–water partition coefficient (Wildman–Crippen LogP) is -0.235. The normalized spacial score (nSPS) is 22.6. The molecule has 0 saturated carbocycles. The van der Waals surface area contributed by atoms with Crippen LogP contribution < -0.4 is 0 Å². The second kappa shape index (κ2) is 6.53. The minimum absolute atomic E-state index is 0.196. The van der Waals surface area contributed by atoms with Crippen LogP contribution in [-0.4, -0.2) is 85.2 Å². The van der Waals surface area contributed by atoms with Crippen molar-refractivity contribution in [3.05, 3.63) is 0 Å². The van der Waals surface area contributed by atoms with E-state index in [2.05, 4.69) is 15.9 Å². The lowest BCUT2D eigenvalue weighted by Gasteiger charge is -2.40. The predicted molar refractivity (Wildman–Crippen MR) is 75.1 cm³/mol. The largest absolute Gasteiger partial charge is 0.378 e. The van der Waals surface area contributed by atoms with Gasteiger partial charge >= 0.3 is 0 Å². The molecular weight excluding hydrogens is 256 g/mol. The topological polar surface area (TPSA) is 59.8 Å². The minimum atomic E-state index is -0.416. The van der Waals surface area contributed by atoms with Crippen molar-refractivity contribution in [1.29, 1.82) is 5.26 Å². The fourth-order valence-corrected chi connectivity index (χ4v) is 2.64. The summed E-state index contributed by atoms with van der Waals surface area (Å²) < 4.78 is 5.26. The summed E-state index contributed by atoms with van der Waals surface area (Å²) in [7, 11) is 0. The average Bonchev–Trinajstić information content (AvgIpc) is 2.48. The van der Waals surface area contributed by atoms with Crippen LogP contribution in [0.5, 0.6) is 0 Å². The standard InChI is InChI=1S/C14H24N4O2/c1-14(2,12-15)18-5-3-16(4-6-18)11-13(19)17-7-9-20-10-8-17/h3-11H2,1-2H3. The summed E-state index contributed by atoms with van der Waals surface area (Å²) in [5, 5.41) is 9.15. The molecule has 0 radical (unpaired) electrons. The van der Waals surface area contributed by atoms with Gasteiger partial charge in [0, 0.05) is 39.3 Å². The zero-order chi connectivity index (χ0) is 14.6. The SMILES string of the molecule is CC(C)(C#N)N1CCN(CC(=O)N2CCOCC2)CC1. The van der Waals surface area contributed by atoms with E-state index in [1.165, 1.54) is 0 Å². The van der Waals surface area contributed by atoms with Crippen LogP contribution in [0.4, 0.5) is 0 Å². The van der Waals surface area contributed by atoms with E-state index in [1.807, 2.05) is 18.7 Å². The molecule has 2 aliphatic rings. The molecule has 0 unspecified atom stereocenters. The Bertz CT molecular complexity index is 377. The molecule has 0 aromatic carbocycles. The molecule has 2 saturated heterocycles. The van der Waals surface area contributed by atoms with Gasteiger partial charge in [0.25, 0.3) is 0 Å². The zero-order valence-electron chi connectivity index (χ0n) is 12.5. The first-order valence-electron chi connectivity index (χ1n) is 7.27. The van der Waals surface area contributed by atoms with Gasteiger partial charge in [-0.25, -0.2) is 0 Å². The van der Waals surface area contributed by atoms with Crippen LogP contribution in [0.3, 0.4) is 0 Å². The Morgan fingerprint density at radius 3 is 2.30 bits per heavy atom. The van der Waals surface area contributed by atoms with E-state index in [9.17, 15) is 4.79 Å². The molecule has 6 heteroatoms. The number of carbonyl (C=O) groups is 1. The molecule has 2 heterocycles. The van der Waals surface area contributed by atoms with Crippen LogP contribution in [0, 0.1) is 11.3 Å². The smallest absolute Gasteiger partial charge is 0.236 e. The summed E-state index contributed by atoms with van der Waals surface area (Å²) in [5.41, 5.74) is -0.416. The Morgan fingerprint density at radius 2 is 1.75 bits per heavy atom. The molecule has 1 amide bonds. The average molecular weight is 280 g/mol. The van der Waals surface area contributed by atoms with Crippen molar-refractivity contribution >= 4 is 5.91 Å². The molecule has 2 rings (SSSR count). The molecule has 112 valence electrons. The summed E-state index contributed by atoms with van der Waals surface area (Å²) in [6.45, 7) is 10.5. The maximum absolute atomic E-state index is 12.2. The molecule has 2 aliphatic heterocycles. The third-order valence-electron chi connectivity index (χ3n) is 4.16. The number of hydrogen-bond acceptors (Lipinski definition) is 5. The number of nitrogens with zero attached hydrogens (tertiary/aromatic N) is 4. The molecule has 20 heavy (non-hydrogen) atoms. The van der Waals surface area contributed by atoms with Crippen molar-refractivity contribution in [3.63, 3.8) is 0 Å². The maximum atomic E-state index is 12.2. The first-order chi connectivity index (χ1) is 9.53. The van der Waals surface area contributed by atoms with E-state index in [0.717, 1.165) is 26.2 Å². The van der Waals surface area contributed by atoms with Crippen molar-refractivity contribution in [2.24, 2.45) is 0 Å². The van der Waals surface area contributed by atoms with Crippen LogP contribution >= 0.6 is 0 Å². The summed E-state index contributed by atoms with van der Waals surface area (Å²) >= 11 is 0. The highest BCUT2D eigenvalue weighted by Crippen LogP contribution is 2.15. The highest BCUT2D eigenvalue weighted by atomic mass is 16.5. The summed E-state index contributed by atoms with van der Waals surface area (Å²) in [4.78, 5) is 18.4. The van der Waals surface area contributed by atoms with Gasteiger partial charge in [0.15, 0.2) is 0 Å². The Morgan fingerprint density at radius 1 is 1.15 bits per heavy atom. The fourth-order valence-electron chi connectivity index (χ4n) is 2.64.